The zero-order chi connectivity index (χ0) is 18.1. The van der Waals surface area contributed by atoms with Gasteiger partial charge >= 0.3 is 164 Å². The van der Waals surface area contributed by atoms with Crippen molar-refractivity contribution in [2.45, 2.75) is 79.5 Å². The summed E-state index contributed by atoms with van der Waals surface area (Å²) in [5.74, 6) is 0. The van der Waals surface area contributed by atoms with Crippen molar-refractivity contribution in [2.75, 3.05) is 0 Å². The predicted molar refractivity (Wildman–Crippen MR) is 117 cm³/mol. The number of nitrogens with zero attached hydrogens (tertiary/aromatic N) is 1. The van der Waals surface area contributed by atoms with Gasteiger partial charge in [-0.05, 0) is 0 Å². The van der Waals surface area contributed by atoms with Gasteiger partial charge in [-0.1, -0.05) is 0 Å². The van der Waals surface area contributed by atoms with E-state index in [0.717, 1.165) is 0 Å². The van der Waals surface area contributed by atoms with Gasteiger partial charge in [-0.3, -0.25) is 0 Å². The topological polar surface area (TPSA) is 12.9 Å². The van der Waals surface area contributed by atoms with Crippen LogP contribution < -0.4 is 3.02 Å². The van der Waals surface area contributed by atoms with Crippen LogP contribution in [0, 0.1) is 6.92 Å². The predicted octanol–water partition coefficient (Wildman–Crippen LogP) is 7.17. The molecule has 0 saturated heterocycles. The Morgan fingerprint density at radius 1 is 0.840 bits per heavy atom. The van der Waals surface area contributed by atoms with Gasteiger partial charge < -0.3 is 0 Å². The summed E-state index contributed by atoms with van der Waals surface area (Å²) in [6.07, 6.45) is 8.20. The fraction of sp³-hybridized carbons (Fsp3) is 0.591. The fourth-order valence-electron chi connectivity index (χ4n) is 3.73. The van der Waals surface area contributed by atoms with Gasteiger partial charge in [-0.15, -0.1) is 0 Å². The van der Waals surface area contributed by atoms with E-state index in [1.807, 2.05) is 11.3 Å². The molecule has 0 aliphatic heterocycles. The van der Waals surface area contributed by atoms with E-state index in [2.05, 4.69) is 58.0 Å². The maximum atomic E-state index is 5.32. The van der Waals surface area contributed by atoms with Crippen molar-refractivity contribution < 1.29 is 0 Å². The molecule has 0 spiro atoms. The second kappa shape index (κ2) is 10.7. The number of hydrogen-bond acceptors (Lipinski definition) is 2. The first-order valence-corrected chi connectivity index (χ1v) is 18.5. The Morgan fingerprint density at radius 3 is 1.84 bits per heavy atom. The molecule has 0 amide bonds. The van der Waals surface area contributed by atoms with Crippen LogP contribution >= 0.6 is 11.3 Å². The van der Waals surface area contributed by atoms with E-state index in [1.165, 1.54) is 68.0 Å². The van der Waals surface area contributed by atoms with Crippen molar-refractivity contribution in [3.05, 3.63) is 35.2 Å². The summed E-state index contributed by atoms with van der Waals surface area (Å²) in [5, 5.41) is 0. The molecule has 1 aromatic heterocycles. The van der Waals surface area contributed by atoms with Gasteiger partial charge in [0.2, 0.25) is 0 Å². The Bertz CT molecular complexity index is 598. The summed E-state index contributed by atoms with van der Waals surface area (Å²) >= 11 is -0.325. The molecule has 0 aliphatic rings. The van der Waals surface area contributed by atoms with Crippen molar-refractivity contribution in [3.63, 3.8) is 0 Å². The average Bonchev–Trinajstić information content (AvgIpc) is 3.04. The number of hydrogen-bond donors (Lipinski definition) is 0. The molecule has 0 radical (unpaired) electrons. The minimum absolute atomic E-state index is 1.26. The van der Waals surface area contributed by atoms with E-state index in [0.29, 0.717) is 0 Å². The van der Waals surface area contributed by atoms with Crippen molar-refractivity contribution in [3.8, 4) is 11.3 Å². The van der Waals surface area contributed by atoms with Crippen molar-refractivity contribution in [1.29, 1.82) is 0 Å². The summed E-state index contributed by atoms with van der Waals surface area (Å²) in [7, 11) is 0. The Balaban J connectivity index is 2.41. The number of thiazole rings is 1. The molecular weight excluding hydrogens is 429 g/mol. The van der Waals surface area contributed by atoms with Gasteiger partial charge in [0, 0.05) is 0 Å². The summed E-state index contributed by atoms with van der Waals surface area (Å²) in [4.78, 5) is 6.75. The monoisotopic (exact) mass is 465 g/mol. The molecule has 1 heterocycles. The molecule has 0 atom stereocenters. The molecule has 0 N–H and O–H groups in total. The Kier molecular flexibility index (Phi) is 8.98. The molecule has 0 bridgehead atoms. The maximum absolute atomic E-state index is 5.32. The number of unbranched alkanes of at least 4 members (excludes halogenated alkanes) is 3. The Labute approximate surface area is 163 Å². The molecule has 0 saturated carbocycles. The molecule has 138 valence electrons. The van der Waals surface area contributed by atoms with Crippen molar-refractivity contribution >= 4 is 32.7 Å². The molecule has 25 heavy (non-hydrogen) atoms. The van der Waals surface area contributed by atoms with E-state index < -0.39 is 18.4 Å². The van der Waals surface area contributed by atoms with Crippen LogP contribution in [0.3, 0.4) is 0 Å². The van der Waals surface area contributed by atoms with E-state index in [4.69, 9.17) is 4.98 Å². The summed E-state index contributed by atoms with van der Waals surface area (Å²) in [6.45, 7) is 9.32. The first-order valence-electron chi connectivity index (χ1n) is 10.2. The zero-order valence-electron chi connectivity index (χ0n) is 16.6. The molecule has 0 unspecified atom stereocenters. The summed E-state index contributed by atoms with van der Waals surface area (Å²) in [6, 6.07) is 10.8. The summed E-state index contributed by atoms with van der Waals surface area (Å²) < 4.78 is 6.13. The van der Waals surface area contributed by atoms with Crippen LogP contribution in [0.1, 0.15) is 64.2 Å². The van der Waals surface area contributed by atoms with Crippen LogP contribution in [0.5, 0.6) is 0 Å². The first-order chi connectivity index (χ1) is 12.2. The molecule has 2 aromatic rings. The second-order valence-corrected chi connectivity index (χ2v) is 22.6. The zero-order valence-corrected chi connectivity index (χ0v) is 20.3. The summed E-state index contributed by atoms with van der Waals surface area (Å²) in [5.41, 5.74) is 2.55. The molecule has 0 aliphatic carbocycles. The Hall–Kier alpha value is -0.351. The third-order valence-corrected chi connectivity index (χ3v) is 24.0. The minimum atomic E-state index is -2.38. The van der Waals surface area contributed by atoms with E-state index in [9.17, 15) is 0 Å². The van der Waals surface area contributed by atoms with Crippen LogP contribution in [0.15, 0.2) is 30.3 Å². The number of benzene rings is 1. The van der Waals surface area contributed by atoms with Crippen molar-refractivity contribution in [2.24, 2.45) is 0 Å². The van der Waals surface area contributed by atoms with Gasteiger partial charge in [0.15, 0.2) is 0 Å². The fourth-order valence-corrected chi connectivity index (χ4v) is 23.6. The molecular formula is C22H35NSSn. The number of aromatic nitrogens is 1. The third kappa shape index (κ3) is 5.56. The molecule has 1 aromatic carbocycles. The van der Waals surface area contributed by atoms with Crippen molar-refractivity contribution in [1.82, 2.24) is 4.98 Å². The van der Waals surface area contributed by atoms with E-state index in [-0.39, 0.29) is 0 Å². The molecule has 3 heteroatoms. The normalized spacial score (nSPS) is 11.8. The van der Waals surface area contributed by atoms with E-state index in [1.54, 1.807) is 3.02 Å². The molecule has 2 rings (SSSR count). The second-order valence-electron chi connectivity index (χ2n) is 7.38. The van der Waals surface area contributed by atoms with Crippen LogP contribution in [0.2, 0.25) is 13.3 Å². The number of aryl methyl sites for hydroxylation is 1. The van der Waals surface area contributed by atoms with Gasteiger partial charge in [-0.2, -0.15) is 0 Å². The average molecular weight is 464 g/mol. The third-order valence-electron chi connectivity index (χ3n) is 5.32. The van der Waals surface area contributed by atoms with E-state index >= 15 is 0 Å². The molecule has 0 fully saturated rings. The van der Waals surface area contributed by atoms with Gasteiger partial charge in [0.1, 0.15) is 0 Å². The SMILES string of the molecule is CCC[CH2][Sn]([CH2]CCC)([CH2]CCC)[c]1nc(-c2ccccc2)c(C)s1. The first kappa shape index (κ1) is 21.0. The van der Waals surface area contributed by atoms with Gasteiger partial charge in [0.05, 0.1) is 0 Å². The standard InChI is InChI=1S/C10H8NS.3C4H9.Sn/c1-8-10(11-7-12-8)9-5-3-2-4-6-9;3*1-3-4-2;/h2-6H,1H3;3*1,3-4H2,2H3;. The van der Waals surface area contributed by atoms with Crippen LogP contribution in [-0.2, 0) is 0 Å². The Morgan fingerprint density at radius 2 is 1.36 bits per heavy atom. The van der Waals surface area contributed by atoms with Crippen LogP contribution in [-0.4, -0.2) is 23.4 Å². The molecule has 1 nitrogen and oxygen atoms in total. The van der Waals surface area contributed by atoms with Crippen LogP contribution in [0.4, 0.5) is 0 Å². The van der Waals surface area contributed by atoms with Gasteiger partial charge in [0.25, 0.3) is 0 Å². The van der Waals surface area contributed by atoms with Crippen LogP contribution in [0.25, 0.3) is 11.3 Å². The number of rotatable bonds is 11. The van der Waals surface area contributed by atoms with Gasteiger partial charge in [-0.25, -0.2) is 0 Å². The quantitative estimate of drug-likeness (QED) is 0.321.